The van der Waals surface area contributed by atoms with Gasteiger partial charge in [-0.15, -0.1) is 0 Å². The fourth-order valence-electron chi connectivity index (χ4n) is 4.08. The van der Waals surface area contributed by atoms with E-state index in [-0.39, 0.29) is 12.7 Å². The fraction of sp³-hybridized carbons (Fsp3) is 0.429. The first kappa shape index (κ1) is 18.3. The predicted octanol–water partition coefficient (Wildman–Crippen LogP) is 3.83. The van der Waals surface area contributed by atoms with Crippen molar-refractivity contribution >= 4 is 10.0 Å². The van der Waals surface area contributed by atoms with Crippen molar-refractivity contribution < 1.29 is 17.9 Å². The minimum atomic E-state index is -3.52. The molecule has 144 valence electrons. The summed E-state index contributed by atoms with van der Waals surface area (Å²) in [4.78, 5) is 0.478. The number of fused-ring (bicyclic) bond motifs is 1. The number of nitrogens with zero attached hydrogens (tertiary/aromatic N) is 1. The third-order valence-corrected chi connectivity index (χ3v) is 8.05. The van der Waals surface area contributed by atoms with Gasteiger partial charge in [-0.05, 0) is 80.0 Å². The summed E-state index contributed by atoms with van der Waals surface area (Å²) in [7, 11) is -3.52. The van der Waals surface area contributed by atoms with Crippen molar-refractivity contribution in [2.24, 2.45) is 0 Å². The molecule has 1 atom stereocenters. The van der Waals surface area contributed by atoms with Gasteiger partial charge in [0.15, 0.2) is 11.5 Å². The molecule has 6 heteroatoms. The molecule has 0 aliphatic carbocycles. The number of sulfonamides is 1. The molecule has 0 N–H and O–H groups in total. The van der Waals surface area contributed by atoms with Gasteiger partial charge in [-0.25, -0.2) is 8.42 Å². The van der Waals surface area contributed by atoms with Crippen LogP contribution in [0.25, 0.3) is 0 Å². The molecule has 2 aliphatic rings. The average Bonchev–Trinajstić information content (AvgIpc) is 3.29. The van der Waals surface area contributed by atoms with Gasteiger partial charge >= 0.3 is 0 Å². The SMILES string of the molecule is Cc1cc(C)c(C)c(S(=O)(=O)N2CCC(c3ccc4c(c3)OCO4)C2)c1C. The molecule has 2 aliphatic heterocycles. The second-order valence-electron chi connectivity index (χ2n) is 7.55. The van der Waals surface area contributed by atoms with E-state index in [4.69, 9.17) is 9.47 Å². The van der Waals surface area contributed by atoms with E-state index in [2.05, 4.69) is 6.07 Å². The number of aryl methyl sites for hydroxylation is 2. The Bertz CT molecular complexity index is 987. The van der Waals surface area contributed by atoms with Crippen molar-refractivity contribution in [1.29, 1.82) is 0 Å². The van der Waals surface area contributed by atoms with Gasteiger partial charge < -0.3 is 9.47 Å². The zero-order chi connectivity index (χ0) is 19.3. The Morgan fingerprint density at radius 1 is 0.963 bits per heavy atom. The largest absolute Gasteiger partial charge is 0.454 e. The minimum Gasteiger partial charge on any atom is -0.454 e. The first-order valence-electron chi connectivity index (χ1n) is 9.26. The fourth-order valence-corrected chi connectivity index (χ4v) is 6.16. The maximum absolute atomic E-state index is 13.4. The van der Waals surface area contributed by atoms with Gasteiger partial charge in [-0.2, -0.15) is 4.31 Å². The molecule has 5 nitrogen and oxygen atoms in total. The molecular weight excluding hydrogens is 362 g/mol. The normalized spacial score (nSPS) is 19.6. The van der Waals surface area contributed by atoms with Crippen molar-refractivity contribution in [2.45, 2.75) is 44.9 Å². The van der Waals surface area contributed by atoms with E-state index in [1.165, 1.54) is 0 Å². The van der Waals surface area contributed by atoms with Crippen LogP contribution < -0.4 is 9.47 Å². The number of benzene rings is 2. The summed E-state index contributed by atoms with van der Waals surface area (Å²) in [6.07, 6.45) is 0.807. The molecule has 0 radical (unpaired) electrons. The van der Waals surface area contributed by atoms with Crippen LogP contribution in [0, 0.1) is 27.7 Å². The van der Waals surface area contributed by atoms with Crippen LogP contribution in [0.2, 0.25) is 0 Å². The van der Waals surface area contributed by atoms with Gasteiger partial charge in [0, 0.05) is 13.1 Å². The van der Waals surface area contributed by atoms with Crippen LogP contribution in [0.5, 0.6) is 11.5 Å². The van der Waals surface area contributed by atoms with Gasteiger partial charge in [0.05, 0.1) is 4.90 Å². The van der Waals surface area contributed by atoms with Gasteiger partial charge in [-0.1, -0.05) is 12.1 Å². The first-order valence-corrected chi connectivity index (χ1v) is 10.7. The van der Waals surface area contributed by atoms with Crippen LogP contribution in [-0.4, -0.2) is 32.6 Å². The summed E-state index contributed by atoms with van der Waals surface area (Å²) in [6.45, 7) is 9.02. The zero-order valence-electron chi connectivity index (χ0n) is 16.2. The highest BCUT2D eigenvalue weighted by Gasteiger charge is 2.35. The van der Waals surface area contributed by atoms with Crippen LogP contribution in [0.1, 0.15) is 40.2 Å². The average molecular weight is 388 g/mol. The molecule has 0 bridgehead atoms. The quantitative estimate of drug-likeness (QED) is 0.803. The van der Waals surface area contributed by atoms with E-state index >= 15 is 0 Å². The summed E-state index contributed by atoms with van der Waals surface area (Å²) in [6, 6.07) is 7.97. The first-order chi connectivity index (χ1) is 12.8. The Kier molecular flexibility index (Phi) is 4.43. The highest BCUT2D eigenvalue weighted by molar-refractivity contribution is 7.89. The lowest BCUT2D eigenvalue weighted by molar-refractivity contribution is 0.174. The third-order valence-electron chi connectivity index (χ3n) is 5.91. The summed E-state index contributed by atoms with van der Waals surface area (Å²) in [5, 5.41) is 0. The molecule has 0 spiro atoms. The van der Waals surface area contributed by atoms with Crippen molar-refractivity contribution in [3.05, 3.63) is 52.1 Å². The van der Waals surface area contributed by atoms with Crippen molar-refractivity contribution in [1.82, 2.24) is 4.31 Å². The van der Waals surface area contributed by atoms with Crippen molar-refractivity contribution in [2.75, 3.05) is 19.9 Å². The van der Waals surface area contributed by atoms with Crippen LogP contribution in [0.4, 0.5) is 0 Å². The molecule has 1 fully saturated rings. The molecular formula is C21H25NO4S. The van der Waals surface area contributed by atoms with Crippen LogP contribution in [0.15, 0.2) is 29.2 Å². The lowest BCUT2D eigenvalue weighted by Crippen LogP contribution is -2.30. The predicted molar refractivity (Wildman–Crippen MR) is 104 cm³/mol. The van der Waals surface area contributed by atoms with Gasteiger partial charge in [-0.3, -0.25) is 0 Å². The number of ether oxygens (including phenoxy) is 2. The van der Waals surface area contributed by atoms with Gasteiger partial charge in [0.25, 0.3) is 0 Å². The monoisotopic (exact) mass is 387 g/mol. The number of hydrogen-bond donors (Lipinski definition) is 0. The lowest BCUT2D eigenvalue weighted by atomic mass is 9.98. The molecule has 0 saturated carbocycles. The van der Waals surface area contributed by atoms with Crippen LogP contribution >= 0.6 is 0 Å². The Hall–Kier alpha value is -2.05. The van der Waals surface area contributed by atoms with Crippen molar-refractivity contribution in [3.8, 4) is 11.5 Å². The second-order valence-corrected chi connectivity index (χ2v) is 9.43. The molecule has 2 aromatic rings. The Balaban J connectivity index is 1.64. The van der Waals surface area contributed by atoms with Gasteiger partial charge in [0.1, 0.15) is 0 Å². The smallest absolute Gasteiger partial charge is 0.243 e. The summed E-state index contributed by atoms with van der Waals surface area (Å²) < 4.78 is 39.3. The van der Waals surface area contributed by atoms with Crippen molar-refractivity contribution in [3.63, 3.8) is 0 Å². The molecule has 1 saturated heterocycles. The third kappa shape index (κ3) is 3.01. The van der Waals surface area contributed by atoms with E-state index in [1.807, 2.05) is 45.9 Å². The van der Waals surface area contributed by atoms with E-state index in [9.17, 15) is 8.42 Å². The summed E-state index contributed by atoms with van der Waals surface area (Å²) >= 11 is 0. The number of rotatable bonds is 3. The molecule has 1 unspecified atom stereocenters. The Morgan fingerprint density at radius 2 is 1.63 bits per heavy atom. The molecule has 0 amide bonds. The Labute approximate surface area is 161 Å². The Morgan fingerprint density at radius 3 is 2.33 bits per heavy atom. The van der Waals surface area contributed by atoms with E-state index in [0.717, 1.165) is 45.7 Å². The highest BCUT2D eigenvalue weighted by atomic mass is 32.2. The van der Waals surface area contributed by atoms with E-state index < -0.39 is 10.0 Å². The second kappa shape index (κ2) is 6.53. The van der Waals surface area contributed by atoms with E-state index in [0.29, 0.717) is 18.0 Å². The lowest BCUT2D eigenvalue weighted by Gasteiger charge is -2.22. The summed E-state index contributed by atoms with van der Waals surface area (Å²) in [5.74, 6) is 1.67. The van der Waals surface area contributed by atoms with Crippen LogP contribution in [0.3, 0.4) is 0 Å². The minimum absolute atomic E-state index is 0.167. The maximum atomic E-state index is 13.4. The van der Waals surface area contributed by atoms with E-state index in [1.54, 1.807) is 4.31 Å². The topological polar surface area (TPSA) is 55.8 Å². The molecule has 0 aromatic heterocycles. The maximum Gasteiger partial charge on any atom is 0.243 e. The summed E-state index contributed by atoms with van der Waals surface area (Å²) in [5.41, 5.74) is 4.84. The molecule has 2 heterocycles. The molecule has 2 aromatic carbocycles. The zero-order valence-corrected chi connectivity index (χ0v) is 17.0. The highest BCUT2D eigenvalue weighted by Crippen LogP contribution is 2.39. The van der Waals surface area contributed by atoms with Crippen LogP contribution in [-0.2, 0) is 10.0 Å². The standard InChI is InChI=1S/C21H25NO4S/c1-13-9-14(2)16(4)21(15(13)3)27(23,24)22-8-7-18(11-22)17-5-6-19-20(10-17)26-12-25-19/h5-6,9-10,18H,7-8,11-12H2,1-4H3. The van der Waals surface area contributed by atoms with Gasteiger partial charge in [0.2, 0.25) is 16.8 Å². The molecule has 27 heavy (non-hydrogen) atoms. The molecule has 4 rings (SSSR count). The number of hydrogen-bond acceptors (Lipinski definition) is 4.